The first-order valence-corrected chi connectivity index (χ1v) is 6.90. The molecule has 5 heteroatoms. The van der Waals surface area contributed by atoms with Crippen LogP contribution in [-0.2, 0) is 4.79 Å². The first-order chi connectivity index (χ1) is 10.7. The molecule has 0 saturated heterocycles. The van der Waals surface area contributed by atoms with Crippen molar-refractivity contribution in [1.82, 2.24) is 0 Å². The molecular weight excluding hydrogens is 278 g/mol. The third kappa shape index (κ3) is 4.25. The molecule has 0 spiro atoms. The Morgan fingerprint density at radius 3 is 2.59 bits per heavy atom. The zero-order chi connectivity index (χ0) is 15.8. The van der Waals surface area contributed by atoms with E-state index in [-0.39, 0.29) is 5.91 Å². The second-order valence-electron chi connectivity index (χ2n) is 4.61. The van der Waals surface area contributed by atoms with Gasteiger partial charge in [-0.15, -0.1) is 0 Å². The number of nitrogens with zero attached hydrogens (tertiary/aromatic N) is 1. The summed E-state index contributed by atoms with van der Waals surface area (Å²) in [4.78, 5) is 11.9. The fourth-order valence-electron chi connectivity index (χ4n) is 1.94. The molecule has 0 unspecified atom stereocenters. The maximum absolute atomic E-state index is 11.9. The zero-order valence-electron chi connectivity index (χ0n) is 12.3. The number of methoxy groups -OCH3 is 1. The fourth-order valence-corrected chi connectivity index (χ4v) is 1.94. The Balaban J connectivity index is 1.81. The summed E-state index contributed by atoms with van der Waals surface area (Å²) in [5.41, 5.74) is 2.15. The highest BCUT2D eigenvalue weighted by Gasteiger charge is 2.06. The van der Waals surface area contributed by atoms with Crippen LogP contribution in [-0.4, -0.2) is 19.6 Å². The maximum Gasteiger partial charge on any atom is 0.226 e. The van der Waals surface area contributed by atoms with Gasteiger partial charge >= 0.3 is 0 Å². The van der Waals surface area contributed by atoms with E-state index in [1.54, 1.807) is 31.4 Å². The van der Waals surface area contributed by atoms with Gasteiger partial charge in [-0.05, 0) is 36.4 Å². The topological polar surface area (TPSA) is 74.2 Å². The molecule has 0 aromatic heterocycles. The molecule has 0 fully saturated rings. The molecule has 1 amide bonds. The highest BCUT2D eigenvalue weighted by molar-refractivity contribution is 5.92. The van der Waals surface area contributed by atoms with Gasteiger partial charge in [-0.1, -0.05) is 12.1 Å². The van der Waals surface area contributed by atoms with Gasteiger partial charge in [0.15, 0.2) is 0 Å². The van der Waals surface area contributed by atoms with E-state index in [0.29, 0.717) is 30.0 Å². The summed E-state index contributed by atoms with van der Waals surface area (Å²) < 4.78 is 5.19. The van der Waals surface area contributed by atoms with Crippen LogP contribution < -0.4 is 15.4 Å². The van der Waals surface area contributed by atoms with E-state index in [2.05, 4.69) is 16.7 Å². The molecule has 0 aliphatic rings. The van der Waals surface area contributed by atoms with E-state index in [0.717, 1.165) is 5.69 Å². The van der Waals surface area contributed by atoms with Gasteiger partial charge in [0.05, 0.1) is 24.4 Å². The fraction of sp³-hybridized carbons (Fsp3) is 0.176. The smallest absolute Gasteiger partial charge is 0.226 e. The van der Waals surface area contributed by atoms with E-state index in [4.69, 9.17) is 10.00 Å². The van der Waals surface area contributed by atoms with Gasteiger partial charge < -0.3 is 15.4 Å². The molecule has 0 saturated carbocycles. The van der Waals surface area contributed by atoms with Gasteiger partial charge in [0, 0.05) is 18.7 Å². The van der Waals surface area contributed by atoms with Crippen molar-refractivity contribution in [1.29, 1.82) is 5.26 Å². The largest absolute Gasteiger partial charge is 0.495 e. The minimum Gasteiger partial charge on any atom is -0.495 e. The summed E-state index contributed by atoms with van der Waals surface area (Å²) in [7, 11) is 1.57. The van der Waals surface area contributed by atoms with Crippen LogP contribution >= 0.6 is 0 Å². The number of carbonyl (C=O) groups is 1. The molecule has 2 N–H and O–H groups in total. The van der Waals surface area contributed by atoms with Crippen molar-refractivity contribution < 1.29 is 9.53 Å². The standard InChI is InChI=1S/C17H17N3O2/c1-22-16-5-3-2-4-15(16)20-17(21)10-11-19-14-8-6-13(12-18)7-9-14/h2-9,19H,10-11H2,1H3,(H,20,21). The summed E-state index contributed by atoms with van der Waals surface area (Å²) in [5.74, 6) is 0.543. The Bertz CT molecular complexity index is 675. The highest BCUT2D eigenvalue weighted by atomic mass is 16.5. The Morgan fingerprint density at radius 2 is 1.91 bits per heavy atom. The molecule has 0 heterocycles. The molecule has 0 radical (unpaired) electrons. The number of anilines is 2. The van der Waals surface area contributed by atoms with Crippen molar-refractivity contribution in [2.24, 2.45) is 0 Å². The van der Waals surface area contributed by atoms with Crippen molar-refractivity contribution in [2.45, 2.75) is 6.42 Å². The van der Waals surface area contributed by atoms with E-state index >= 15 is 0 Å². The minimum absolute atomic E-state index is 0.0920. The molecule has 112 valence electrons. The lowest BCUT2D eigenvalue weighted by Gasteiger charge is -2.10. The molecule has 0 bridgehead atoms. The average molecular weight is 295 g/mol. The number of nitriles is 1. The molecule has 2 aromatic carbocycles. The Labute approximate surface area is 129 Å². The van der Waals surface area contributed by atoms with Gasteiger partial charge in [0.25, 0.3) is 0 Å². The monoisotopic (exact) mass is 295 g/mol. The maximum atomic E-state index is 11.9. The van der Waals surface area contributed by atoms with Crippen LogP contribution in [0.5, 0.6) is 5.75 Å². The Hall–Kier alpha value is -3.00. The summed E-state index contributed by atoms with van der Waals surface area (Å²) in [6.07, 6.45) is 0.331. The highest BCUT2D eigenvalue weighted by Crippen LogP contribution is 2.23. The lowest BCUT2D eigenvalue weighted by atomic mass is 10.2. The third-order valence-corrected chi connectivity index (χ3v) is 3.08. The minimum atomic E-state index is -0.0920. The lowest BCUT2D eigenvalue weighted by Crippen LogP contribution is -2.16. The van der Waals surface area contributed by atoms with Crippen molar-refractivity contribution in [3.8, 4) is 11.8 Å². The number of benzene rings is 2. The number of para-hydroxylation sites is 2. The van der Waals surface area contributed by atoms with E-state index in [1.807, 2.05) is 24.3 Å². The van der Waals surface area contributed by atoms with Crippen LogP contribution in [0.25, 0.3) is 0 Å². The zero-order valence-corrected chi connectivity index (χ0v) is 12.3. The Morgan fingerprint density at radius 1 is 1.18 bits per heavy atom. The number of amides is 1. The van der Waals surface area contributed by atoms with Crippen LogP contribution in [0.4, 0.5) is 11.4 Å². The second kappa shape index (κ2) is 7.70. The van der Waals surface area contributed by atoms with Crippen molar-refractivity contribution in [3.05, 3.63) is 54.1 Å². The summed E-state index contributed by atoms with van der Waals surface area (Å²) in [5, 5.41) is 14.7. The number of carbonyl (C=O) groups excluding carboxylic acids is 1. The van der Waals surface area contributed by atoms with Gasteiger partial charge in [-0.25, -0.2) is 0 Å². The number of hydrogen-bond acceptors (Lipinski definition) is 4. The number of ether oxygens (including phenoxy) is 1. The summed E-state index contributed by atoms with van der Waals surface area (Å²) in [6.45, 7) is 0.507. The quantitative estimate of drug-likeness (QED) is 0.859. The molecule has 2 aromatic rings. The van der Waals surface area contributed by atoms with Crippen molar-refractivity contribution in [2.75, 3.05) is 24.3 Å². The molecule has 2 rings (SSSR count). The second-order valence-corrected chi connectivity index (χ2v) is 4.61. The van der Waals surface area contributed by atoms with E-state index in [9.17, 15) is 4.79 Å². The summed E-state index contributed by atoms with van der Waals surface area (Å²) >= 11 is 0. The van der Waals surface area contributed by atoms with Crippen molar-refractivity contribution in [3.63, 3.8) is 0 Å². The summed E-state index contributed by atoms with van der Waals surface area (Å²) in [6, 6.07) is 16.4. The van der Waals surface area contributed by atoms with Gasteiger partial charge in [-0.3, -0.25) is 4.79 Å². The van der Waals surface area contributed by atoms with Crippen molar-refractivity contribution >= 4 is 17.3 Å². The van der Waals surface area contributed by atoms with E-state index in [1.165, 1.54) is 0 Å². The van der Waals surface area contributed by atoms with Gasteiger partial charge in [-0.2, -0.15) is 5.26 Å². The number of rotatable bonds is 6. The predicted molar refractivity (Wildman–Crippen MR) is 85.9 cm³/mol. The molecule has 0 atom stereocenters. The van der Waals surface area contributed by atoms with Crippen LogP contribution in [0.15, 0.2) is 48.5 Å². The molecule has 22 heavy (non-hydrogen) atoms. The van der Waals surface area contributed by atoms with Crippen LogP contribution in [0.3, 0.4) is 0 Å². The Kier molecular flexibility index (Phi) is 5.38. The lowest BCUT2D eigenvalue weighted by molar-refractivity contribution is -0.116. The first-order valence-electron chi connectivity index (χ1n) is 6.90. The number of hydrogen-bond donors (Lipinski definition) is 2. The predicted octanol–water partition coefficient (Wildman–Crippen LogP) is 3.01. The van der Waals surface area contributed by atoms with E-state index < -0.39 is 0 Å². The first kappa shape index (κ1) is 15.4. The molecule has 0 aliphatic carbocycles. The SMILES string of the molecule is COc1ccccc1NC(=O)CCNc1ccc(C#N)cc1. The van der Waals surface area contributed by atoms with Crippen LogP contribution in [0.2, 0.25) is 0 Å². The van der Waals surface area contributed by atoms with Crippen LogP contribution in [0.1, 0.15) is 12.0 Å². The van der Waals surface area contributed by atoms with Gasteiger partial charge in [0.1, 0.15) is 5.75 Å². The normalized spacial score (nSPS) is 9.64. The molecule has 5 nitrogen and oxygen atoms in total. The number of nitrogens with one attached hydrogen (secondary N) is 2. The average Bonchev–Trinajstić information content (AvgIpc) is 2.56. The molecular formula is C17H17N3O2. The van der Waals surface area contributed by atoms with Crippen LogP contribution in [0, 0.1) is 11.3 Å². The van der Waals surface area contributed by atoms with Gasteiger partial charge in [0.2, 0.25) is 5.91 Å². The third-order valence-electron chi connectivity index (χ3n) is 3.08. The molecule has 0 aliphatic heterocycles.